The number of hydrogen-bond donors (Lipinski definition) is 2. The summed E-state index contributed by atoms with van der Waals surface area (Å²) in [6, 6.07) is 11.3. The van der Waals surface area contributed by atoms with Crippen LogP contribution in [-0.4, -0.2) is 25.9 Å². The van der Waals surface area contributed by atoms with Crippen molar-refractivity contribution in [3.05, 3.63) is 53.6 Å². The molecule has 138 valence electrons. The second-order valence-electron chi connectivity index (χ2n) is 5.50. The first-order valence-corrected chi connectivity index (χ1v) is 8.05. The number of alkyl halides is 2. The highest BCUT2D eigenvalue weighted by Crippen LogP contribution is 2.30. The summed E-state index contributed by atoms with van der Waals surface area (Å²) in [6.45, 7) is -1.55. The van der Waals surface area contributed by atoms with Gasteiger partial charge >= 0.3 is 12.6 Å². The van der Waals surface area contributed by atoms with Crippen molar-refractivity contribution in [2.45, 2.75) is 19.7 Å². The molecule has 0 saturated carbocycles. The lowest BCUT2D eigenvalue weighted by Gasteiger charge is -2.19. The zero-order chi connectivity index (χ0) is 18.4. The number of hydrogen-bond acceptors (Lipinski definition) is 4. The first-order chi connectivity index (χ1) is 12.6. The van der Waals surface area contributed by atoms with Gasteiger partial charge in [0, 0.05) is 18.7 Å². The standard InChI is InChI=1S/C18H18F2N2O4/c19-17(20)26-14-4-2-1-3-13(14)11-22-18(23)21-10-12-5-6-15-16(9-12)25-8-7-24-15/h1-6,9,17H,7-8,10-11H2,(H2,21,22,23). The summed E-state index contributed by atoms with van der Waals surface area (Å²) in [6.07, 6.45) is 0. The normalized spacial score (nSPS) is 12.6. The number of carbonyl (C=O) groups excluding carboxylic acids is 1. The number of ether oxygens (including phenoxy) is 3. The van der Waals surface area contributed by atoms with E-state index < -0.39 is 12.6 Å². The summed E-state index contributed by atoms with van der Waals surface area (Å²) in [4.78, 5) is 11.9. The molecule has 6 nitrogen and oxygen atoms in total. The predicted molar refractivity (Wildman–Crippen MR) is 89.6 cm³/mol. The van der Waals surface area contributed by atoms with Gasteiger partial charge in [0.05, 0.1) is 0 Å². The van der Waals surface area contributed by atoms with Crippen LogP contribution in [0.4, 0.5) is 13.6 Å². The number of amides is 2. The van der Waals surface area contributed by atoms with E-state index >= 15 is 0 Å². The summed E-state index contributed by atoms with van der Waals surface area (Å²) in [5.74, 6) is 1.36. The molecule has 0 unspecified atom stereocenters. The maximum Gasteiger partial charge on any atom is 0.387 e. The van der Waals surface area contributed by atoms with Gasteiger partial charge in [-0.2, -0.15) is 8.78 Å². The van der Waals surface area contributed by atoms with Crippen LogP contribution >= 0.6 is 0 Å². The summed E-state index contributed by atoms with van der Waals surface area (Å²) in [5.41, 5.74) is 1.31. The largest absolute Gasteiger partial charge is 0.486 e. The lowest BCUT2D eigenvalue weighted by atomic mass is 10.2. The molecule has 0 aromatic heterocycles. The van der Waals surface area contributed by atoms with Gasteiger partial charge in [0.2, 0.25) is 0 Å². The number of urea groups is 1. The highest BCUT2D eigenvalue weighted by molar-refractivity contribution is 5.74. The van der Waals surface area contributed by atoms with Gasteiger partial charge in [0.15, 0.2) is 11.5 Å². The van der Waals surface area contributed by atoms with Gasteiger partial charge < -0.3 is 24.8 Å². The topological polar surface area (TPSA) is 68.8 Å². The van der Waals surface area contributed by atoms with Crippen LogP contribution < -0.4 is 24.8 Å². The molecule has 0 saturated heterocycles. The molecule has 0 atom stereocenters. The Morgan fingerprint density at radius 2 is 1.77 bits per heavy atom. The van der Waals surface area contributed by atoms with Gasteiger partial charge in [-0.05, 0) is 23.8 Å². The van der Waals surface area contributed by atoms with Crippen molar-refractivity contribution in [2.75, 3.05) is 13.2 Å². The van der Waals surface area contributed by atoms with Crippen molar-refractivity contribution in [1.82, 2.24) is 10.6 Å². The minimum absolute atomic E-state index is 0.0367. The molecule has 26 heavy (non-hydrogen) atoms. The zero-order valence-electron chi connectivity index (χ0n) is 13.8. The molecule has 0 radical (unpaired) electrons. The zero-order valence-corrected chi connectivity index (χ0v) is 13.8. The number of rotatable bonds is 6. The Morgan fingerprint density at radius 1 is 1.04 bits per heavy atom. The van der Waals surface area contributed by atoms with Crippen LogP contribution in [0.25, 0.3) is 0 Å². The minimum Gasteiger partial charge on any atom is -0.486 e. The Bertz CT molecular complexity index is 771. The molecule has 3 rings (SSSR count). The number of halogens is 2. The molecule has 2 N–H and O–H groups in total. The number of benzene rings is 2. The average molecular weight is 364 g/mol. The van der Waals surface area contributed by atoms with Crippen molar-refractivity contribution < 1.29 is 27.8 Å². The smallest absolute Gasteiger partial charge is 0.387 e. The van der Waals surface area contributed by atoms with Crippen LogP contribution in [-0.2, 0) is 13.1 Å². The minimum atomic E-state index is -2.92. The van der Waals surface area contributed by atoms with E-state index in [4.69, 9.17) is 9.47 Å². The molecule has 1 heterocycles. The number of para-hydroxylation sites is 1. The highest BCUT2D eigenvalue weighted by atomic mass is 19.3. The fourth-order valence-corrected chi connectivity index (χ4v) is 2.48. The molecule has 0 fully saturated rings. The van der Waals surface area contributed by atoms with Gasteiger partial charge in [-0.1, -0.05) is 24.3 Å². The quantitative estimate of drug-likeness (QED) is 0.827. The molecular weight excluding hydrogens is 346 g/mol. The monoisotopic (exact) mass is 364 g/mol. The van der Waals surface area contributed by atoms with Gasteiger partial charge in [0.25, 0.3) is 0 Å². The van der Waals surface area contributed by atoms with Crippen LogP contribution in [0.1, 0.15) is 11.1 Å². The molecule has 1 aliphatic heterocycles. The third kappa shape index (κ3) is 4.75. The van der Waals surface area contributed by atoms with Gasteiger partial charge in [0.1, 0.15) is 19.0 Å². The van der Waals surface area contributed by atoms with Crippen LogP contribution in [0.5, 0.6) is 17.2 Å². The molecule has 1 aliphatic rings. The Kier molecular flexibility index (Phi) is 5.73. The fourth-order valence-electron chi connectivity index (χ4n) is 2.48. The van der Waals surface area contributed by atoms with Gasteiger partial charge in [-0.15, -0.1) is 0 Å². The van der Waals surface area contributed by atoms with E-state index in [9.17, 15) is 13.6 Å². The third-order valence-electron chi connectivity index (χ3n) is 3.69. The van der Waals surface area contributed by atoms with Crippen LogP contribution in [0.2, 0.25) is 0 Å². The van der Waals surface area contributed by atoms with E-state index in [1.54, 1.807) is 30.3 Å². The maximum atomic E-state index is 12.4. The van der Waals surface area contributed by atoms with Gasteiger partial charge in [-0.3, -0.25) is 0 Å². The summed E-state index contributed by atoms with van der Waals surface area (Å²) in [5, 5.41) is 5.32. The van der Waals surface area contributed by atoms with E-state index in [-0.39, 0.29) is 18.8 Å². The second-order valence-corrected chi connectivity index (χ2v) is 5.50. The first-order valence-electron chi connectivity index (χ1n) is 8.05. The van der Waals surface area contributed by atoms with Crippen LogP contribution in [0.15, 0.2) is 42.5 Å². The van der Waals surface area contributed by atoms with Crippen molar-refractivity contribution in [3.63, 3.8) is 0 Å². The SMILES string of the molecule is O=C(NCc1ccc2c(c1)OCCO2)NCc1ccccc1OC(F)F. The number of carbonyl (C=O) groups is 1. The molecule has 0 bridgehead atoms. The number of nitrogens with one attached hydrogen (secondary N) is 2. The van der Waals surface area contributed by atoms with Crippen molar-refractivity contribution >= 4 is 6.03 Å². The lowest BCUT2D eigenvalue weighted by molar-refractivity contribution is -0.0504. The van der Waals surface area contributed by atoms with Crippen LogP contribution in [0.3, 0.4) is 0 Å². The Labute approximate surface area is 149 Å². The summed E-state index contributed by atoms with van der Waals surface area (Å²) >= 11 is 0. The first kappa shape index (κ1) is 17.8. The van der Waals surface area contributed by atoms with Crippen LogP contribution in [0, 0.1) is 0 Å². The maximum absolute atomic E-state index is 12.4. The van der Waals surface area contributed by atoms with E-state index in [1.807, 2.05) is 6.07 Å². The Hall–Kier alpha value is -3.03. The molecule has 2 amide bonds. The van der Waals surface area contributed by atoms with Crippen molar-refractivity contribution in [1.29, 1.82) is 0 Å². The lowest BCUT2D eigenvalue weighted by Crippen LogP contribution is -2.34. The van der Waals surface area contributed by atoms with E-state index in [0.29, 0.717) is 30.3 Å². The molecule has 8 heteroatoms. The summed E-state index contributed by atoms with van der Waals surface area (Å²) in [7, 11) is 0. The fraction of sp³-hybridized carbons (Fsp3) is 0.278. The average Bonchev–Trinajstić information content (AvgIpc) is 2.65. The number of fused-ring (bicyclic) bond motifs is 1. The van der Waals surface area contributed by atoms with E-state index in [1.165, 1.54) is 6.07 Å². The van der Waals surface area contributed by atoms with Crippen molar-refractivity contribution in [2.24, 2.45) is 0 Å². The Balaban J connectivity index is 1.51. The molecule has 0 spiro atoms. The second kappa shape index (κ2) is 8.37. The Morgan fingerprint density at radius 3 is 2.58 bits per heavy atom. The molecule has 0 aliphatic carbocycles. The van der Waals surface area contributed by atoms with E-state index in [2.05, 4.69) is 15.4 Å². The van der Waals surface area contributed by atoms with Gasteiger partial charge in [-0.25, -0.2) is 4.79 Å². The molecule has 2 aromatic rings. The molecule has 2 aromatic carbocycles. The van der Waals surface area contributed by atoms with E-state index in [0.717, 1.165) is 5.56 Å². The predicted octanol–water partition coefficient (Wildman–Crippen LogP) is 3.06. The highest BCUT2D eigenvalue weighted by Gasteiger charge is 2.13. The molecular formula is C18H18F2N2O4. The van der Waals surface area contributed by atoms with Crippen molar-refractivity contribution in [3.8, 4) is 17.2 Å². The summed E-state index contributed by atoms with van der Waals surface area (Å²) < 4.78 is 40.1. The third-order valence-corrected chi connectivity index (χ3v) is 3.69.